The van der Waals surface area contributed by atoms with Crippen LogP contribution in [0.3, 0.4) is 0 Å². The maximum Gasteiger partial charge on any atom is 0.256 e. The van der Waals surface area contributed by atoms with Crippen LogP contribution in [0.2, 0.25) is 0 Å². The highest BCUT2D eigenvalue weighted by atomic mass is 16.1. The van der Waals surface area contributed by atoms with Gasteiger partial charge in [-0.2, -0.15) is 5.10 Å². The predicted molar refractivity (Wildman–Crippen MR) is 83.4 cm³/mol. The normalized spacial score (nSPS) is 16.1. The number of fused-ring (bicyclic) bond motifs is 1. The van der Waals surface area contributed by atoms with Crippen molar-refractivity contribution in [1.82, 2.24) is 25.2 Å². The number of rotatable bonds is 3. The van der Waals surface area contributed by atoms with E-state index in [1.54, 1.807) is 17.5 Å². The van der Waals surface area contributed by atoms with Crippen LogP contribution in [0, 0.1) is 6.92 Å². The first-order chi connectivity index (χ1) is 10.6. The van der Waals surface area contributed by atoms with Crippen molar-refractivity contribution in [1.29, 1.82) is 0 Å². The summed E-state index contributed by atoms with van der Waals surface area (Å²) in [6.07, 6.45) is 1.93. The van der Waals surface area contributed by atoms with Crippen LogP contribution < -0.4 is 16.2 Å². The third-order valence-corrected chi connectivity index (χ3v) is 4.15. The van der Waals surface area contributed by atoms with Crippen LogP contribution in [0.1, 0.15) is 47.4 Å². The highest BCUT2D eigenvalue weighted by Crippen LogP contribution is 2.25. The Morgan fingerprint density at radius 3 is 2.86 bits per heavy atom. The average Bonchev–Trinajstić information content (AvgIpc) is 2.83. The van der Waals surface area contributed by atoms with E-state index < -0.39 is 0 Å². The SMILES string of the molecule is CCNC(=O)c1c(C)nn2c(C3CCNCC3)cc(=O)[nH]c12. The van der Waals surface area contributed by atoms with Crippen LogP contribution in [-0.4, -0.2) is 40.1 Å². The number of aryl methyl sites for hydroxylation is 1. The number of H-pyrrole nitrogens is 1. The average molecular weight is 303 g/mol. The molecule has 2 aromatic rings. The molecule has 2 aromatic heterocycles. The van der Waals surface area contributed by atoms with Crippen molar-refractivity contribution in [2.24, 2.45) is 0 Å². The third-order valence-electron chi connectivity index (χ3n) is 4.15. The van der Waals surface area contributed by atoms with Crippen molar-refractivity contribution in [2.45, 2.75) is 32.6 Å². The van der Waals surface area contributed by atoms with E-state index in [1.807, 2.05) is 6.92 Å². The first kappa shape index (κ1) is 14.8. The smallest absolute Gasteiger partial charge is 0.256 e. The lowest BCUT2D eigenvalue weighted by atomic mass is 9.94. The largest absolute Gasteiger partial charge is 0.352 e. The molecule has 0 unspecified atom stereocenters. The van der Waals surface area contributed by atoms with Crippen molar-refractivity contribution in [3.05, 3.63) is 33.4 Å². The summed E-state index contributed by atoms with van der Waals surface area (Å²) in [7, 11) is 0. The number of hydrogen-bond donors (Lipinski definition) is 3. The summed E-state index contributed by atoms with van der Waals surface area (Å²) < 4.78 is 1.73. The van der Waals surface area contributed by atoms with Crippen molar-refractivity contribution in [3.63, 3.8) is 0 Å². The minimum atomic E-state index is -0.201. The zero-order valence-electron chi connectivity index (χ0n) is 12.9. The standard InChI is InChI=1S/C15H21N5O2/c1-3-17-15(22)13-9(2)19-20-11(8-12(21)18-14(13)20)10-4-6-16-7-5-10/h8,10,16H,3-7H2,1-2H3,(H,17,22)(H,18,21). The van der Waals surface area contributed by atoms with Crippen LogP contribution in [0.5, 0.6) is 0 Å². The fourth-order valence-corrected chi connectivity index (χ4v) is 3.11. The molecule has 0 radical (unpaired) electrons. The van der Waals surface area contributed by atoms with Gasteiger partial charge in [-0.25, -0.2) is 4.52 Å². The maximum atomic E-state index is 12.2. The second-order valence-corrected chi connectivity index (χ2v) is 5.66. The van der Waals surface area contributed by atoms with Gasteiger partial charge in [-0.1, -0.05) is 0 Å². The van der Waals surface area contributed by atoms with E-state index in [9.17, 15) is 9.59 Å². The van der Waals surface area contributed by atoms with Gasteiger partial charge in [0.15, 0.2) is 0 Å². The van der Waals surface area contributed by atoms with Crippen LogP contribution in [-0.2, 0) is 0 Å². The number of piperidine rings is 1. The number of aromatic nitrogens is 3. The van der Waals surface area contributed by atoms with Crippen molar-refractivity contribution >= 4 is 11.6 Å². The number of carbonyl (C=O) groups is 1. The third kappa shape index (κ3) is 2.52. The molecule has 1 saturated heterocycles. The second kappa shape index (κ2) is 5.92. The van der Waals surface area contributed by atoms with Crippen LogP contribution in [0.25, 0.3) is 5.65 Å². The number of nitrogens with zero attached hydrogens (tertiary/aromatic N) is 2. The first-order valence-electron chi connectivity index (χ1n) is 7.73. The molecule has 22 heavy (non-hydrogen) atoms. The van der Waals surface area contributed by atoms with Gasteiger partial charge < -0.3 is 15.6 Å². The van der Waals surface area contributed by atoms with E-state index in [-0.39, 0.29) is 17.4 Å². The molecule has 1 aliphatic heterocycles. The summed E-state index contributed by atoms with van der Waals surface area (Å²) in [5, 5.41) is 10.6. The maximum absolute atomic E-state index is 12.2. The molecule has 0 aromatic carbocycles. The molecule has 0 bridgehead atoms. The van der Waals surface area contributed by atoms with Crippen LogP contribution in [0.4, 0.5) is 0 Å². The Morgan fingerprint density at radius 2 is 2.18 bits per heavy atom. The highest BCUT2D eigenvalue weighted by Gasteiger charge is 2.23. The lowest BCUT2D eigenvalue weighted by molar-refractivity contribution is 0.0956. The minimum absolute atomic E-state index is 0.188. The van der Waals surface area contributed by atoms with Crippen molar-refractivity contribution in [3.8, 4) is 0 Å². The summed E-state index contributed by atoms with van der Waals surface area (Å²) in [6.45, 7) is 6.06. The van der Waals surface area contributed by atoms with Crippen LogP contribution in [0.15, 0.2) is 10.9 Å². The fourth-order valence-electron chi connectivity index (χ4n) is 3.11. The molecule has 7 heteroatoms. The lowest BCUT2D eigenvalue weighted by Gasteiger charge is -2.23. The van der Waals surface area contributed by atoms with Crippen molar-refractivity contribution in [2.75, 3.05) is 19.6 Å². The topological polar surface area (TPSA) is 91.3 Å². The van der Waals surface area contributed by atoms with Gasteiger partial charge in [0.25, 0.3) is 11.5 Å². The Labute approximate surface area is 128 Å². The molecule has 3 heterocycles. The fraction of sp³-hybridized carbons (Fsp3) is 0.533. The molecule has 118 valence electrons. The molecular formula is C15H21N5O2. The summed E-state index contributed by atoms with van der Waals surface area (Å²) >= 11 is 0. The minimum Gasteiger partial charge on any atom is -0.352 e. The molecule has 1 fully saturated rings. The Balaban J connectivity index is 2.16. The van der Waals surface area contributed by atoms with Gasteiger partial charge in [0.1, 0.15) is 11.2 Å². The lowest BCUT2D eigenvalue weighted by Crippen LogP contribution is -2.29. The van der Waals surface area contributed by atoms with Crippen LogP contribution >= 0.6 is 0 Å². The number of aromatic amines is 1. The van der Waals surface area contributed by atoms with Gasteiger partial charge in [0.05, 0.1) is 11.4 Å². The molecule has 0 saturated carbocycles. The van der Waals surface area contributed by atoms with Gasteiger partial charge in [-0.05, 0) is 39.8 Å². The summed E-state index contributed by atoms with van der Waals surface area (Å²) in [4.78, 5) is 27.1. The van der Waals surface area contributed by atoms with Gasteiger partial charge >= 0.3 is 0 Å². The van der Waals surface area contributed by atoms with E-state index in [1.165, 1.54) is 0 Å². The second-order valence-electron chi connectivity index (χ2n) is 5.66. The van der Waals surface area contributed by atoms with E-state index in [0.717, 1.165) is 31.6 Å². The van der Waals surface area contributed by atoms with E-state index in [4.69, 9.17) is 0 Å². The summed E-state index contributed by atoms with van der Waals surface area (Å²) in [5.41, 5.74) is 2.27. The zero-order chi connectivity index (χ0) is 15.7. The van der Waals surface area contributed by atoms with E-state index in [0.29, 0.717) is 23.4 Å². The number of nitrogens with one attached hydrogen (secondary N) is 3. The number of amides is 1. The Bertz CT molecular complexity index is 755. The van der Waals surface area contributed by atoms with Gasteiger partial charge in [0, 0.05) is 18.5 Å². The molecule has 7 nitrogen and oxygen atoms in total. The molecule has 1 aliphatic rings. The first-order valence-corrected chi connectivity index (χ1v) is 7.73. The quantitative estimate of drug-likeness (QED) is 0.772. The molecule has 0 aliphatic carbocycles. The van der Waals surface area contributed by atoms with E-state index >= 15 is 0 Å². The Morgan fingerprint density at radius 1 is 1.45 bits per heavy atom. The number of carbonyl (C=O) groups excluding carboxylic acids is 1. The van der Waals surface area contributed by atoms with Gasteiger partial charge in [-0.3, -0.25) is 9.59 Å². The molecular weight excluding hydrogens is 282 g/mol. The number of hydrogen-bond acceptors (Lipinski definition) is 4. The molecule has 3 N–H and O–H groups in total. The summed E-state index contributed by atoms with van der Waals surface area (Å²) in [5.74, 6) is 0.0838. The predicted octanol–water partition coefficient (Wildman–Crippen LogP) is 0.548. The molecule has 1 amide bonds. The Hall–Kier alpha value is -2.15. The Kier molecular flexibility index (Phi) is 3.98. The van der Waals surface area contributed by atoms with Gasteiger partial charge in [0.2, 0.25) is 0 Å². The zero-order valence-corrected chi connectivity index (χ0v) is 12.9. The van der Waals surface area contributed by atoms with Gasteiger partial charge in [-0.15, -0.1) is 0 Å². The molecule has 0 atom stereocenters. The monoisotopic (exact) mass is 303 g/mol. The summed E-state index contributed by atoms with van der Waals surface area (Å²) in [6, 6.07) is 1.61. The molecule has 0 spiro atoms. The highest BCUT2D eigenvalue weighted by molar-refractivity contribution is 6.01. The van der Waals surface area contributed by atoms with E-state index in [2.05, 4.69) is 20.7 Å². The van der Waals surface area contributed by atoms with Crippen molar-refractivity contribution < 1.29 is 4.79 Å². The molecule has 3 rings (SSSR count).